The molecule has 1 aromatic carbocycles. The van der Waals surface area contributed by atoms with E-state index in [1.165, 1.54) is 23.2 Å². The standard InChI is InChI=1S/C21H23N5O4/c1-3-30-16-6-4-15(5-7-16)25-19(28)13-26-20(18-12-22-9-10-23-18)24-14(2)17(8-11-27)21(26)29/h4-7,9-10,12,27H,3,8,11,13H2,1-2H3,(H,25,28). The Kier molecular flexibility index (Phi) is 6.87. The zero-order valence-corrected chi connectivity index (χ0v) is 16.8. The molecule has 0 saturated carbocycles. The van der Waals surface area contributed by atoms with Gasteiger partial charge in [0, 0.05) is 42.4 Å². The van der Waals surface area contributed by atoms with Gasteiger partial charge >= 0.3 is 0 Å². The highest BCUT2D eigenvalue weighted by Crippen LogP contribution is 2.17. The van der Waals surface area contributed by atoms with Gasteiger partial charge in [0.2, 0.25) is 5.91 Å². The van der Waals surface area contributed by atoms with E-state index in [1.807, 2.05) is 6.92 Å². The van der Waals surface area contributed by atoms with Crippen LogP contribution in [0.3, 0.4) is 0 Å². The van der Waals surface area contributed by atoms with Gasteiger partial charge in [0.15, 0.2) is 5.82 Å². The van der Waals surface area contributed by atoms with Crippen LogP contribution >= 0.6 is 0 Å². The van der Waals surface area contributed by atoms with E-state index < -0.39 is 5.91 Å². The van der Waals surface area contributed by atoms with Gasteiger partial charge in [-0.2, -0.15) is 0 Å². The maximum atomic E-state index is 13.0. The highest BCUT2D eigenvalue weighted by atomic mass is 16.5. The quantitative estimate of drug-likeness (QED) is 0.580. The average Bonchev–Trinajstić information content (AvgIpc) is 2.75. The molecule has 9 heteroatoms. The Labute approximate surface area is 173 Å². The van der Waals surface area contributed by atoms with E-state index in [0.717, 1.165) is 0 Å². The molecule has 2 N–H and O–H groups in total. The van der Waals surface area contributed by atoms with Crippen LogP contribution in [0.15, 0.2) is 47.7 Å². The molecule has 0 aliphatic carbocycles. The molecular weight excluding hydrogens is 386 g/mol. The minimum absolute atomic E-state index is 0.152. The Morgan fingerprint density at radius 2 is 2.00 bits per heavy atom. The molecule has 2 heterocycles. The first kappa shape index (κ1) is 21.1. The second-order valence-electron chi connectivity index (χ2n) is 6.46. The molecule has 0 fully saturated rings. The fraction of sp³-hybridized carbons (Fsp3) is 0.286. The van der Waals surface area contributed by atoms with Crippen molar-refractivity contribution >= 4 is 11.6 Å². The molecule has 0 radical (unpaired) electrons. The Balaban J connectivity index is 1.92. The second-order valence-corrected chi connectivity index (χ2v) is 6.46. The van der Waals surface area contributed by atoms with Gasteiger partial charge in [-0.1, -0.05) is 0 Å². The number of hydrogen-bond donors (Lipinski definition) is 2. The van der Waals surface area contributed by atoms with Gasteiger partial charge in [0.1, 0.15) is 18.0 Å². The lowest BCUT2D eigenvalue weighted by molar-refractivity contribution is -0.116. The van der Waals surface area contributed by atoms with E-state index in [9.17, 15) is 14.7 Å². The summed E-state index contributed by atoms with van der Waals surface area (Å²) in [5, 5.41) is 12.1. The molecule has 0 saturated heterocycles. The van der Waals surface area contributed by atoms with Gasteiger partial charge in [-0.05, 0) is 38.1 Å². The van der Waals surface area contributed by atoms with Crippen LogP contribution in [0, 0.1) is 6.92 Å². The maximum Gasteiger partial charge on any atom is 0.257 e. The topological polar surface area (TPSA) is 119 Å². The van der Waals surface area contributed by atoms with Crippen LogP contribution < -0.4 is 15.6 Å². The van der Waals surface area contributed by atoms with E-state index in [-0.39, 0.29) is 31.0 Å². The van der Waals surface area contributed by atoms with Crippen LogP contribution in [0.1, 0.15) is 18.2 Å². The summed E-state index contributed by atoms with van der Waals surface area (Å²) in [4.78, 5) is 38.4. The third-order valence-electron chi connectivity index (χ3n) is 4.37. The fourth-order valence-corrected chi connectivity index (χ4v) is 3.00. The zero-order valence-electron chi connectivity index (χ0n) is 16.8. The van der Waals surface area contributed by atoms with Crippen molar-refractivity contribution < 1.29 is 14.6 Å². The molecule has 0 spiro atoms. The number of aryl methyl sites for hydroxylation is 1. The van der Waals surface area contributed by atoms with Crippen LogP contribution in [0.25, 0.3) is 11.5 Å². The number of hydrogen-bond acceptors (Lipinski definition) is 7. The lowest BCUT2D eigenvalue weighted by Gasteiger charge is -2.15. The molecule has 3 aromatic rings. The van der Waals surface area contributed by atoms with E-state index in [0.29, 0.717) is 35.0 Å². The van der Waals surface area contributed by atoms with Gasteiger partial charge < -0.3 is 15.2 Å². The number of aliphatic hydroxyl groups is 1. The van der Waals surface area contributed by atoms with Crippen LogP contribution in [-0.4, -0.2) is 43.7 Å². The Morgan fingerprint density at radius 3 is 2.63 bits per heavy atom. The van der Waals surface area contributed by atoms with Gasteiger partial charge in [0.05, 0.1) is 12.8 Å². The number of anilines is 1. The number of nitrogens with zero attached hydrogens (tertiary/aromatic N) is 4. The molecule has 0 aliphatic heterocycles. The second kappa shape index (κ2) is 9.75. The minimum atomic E-state index is -0.396. The van der Waals surface area contributed by atoms with Crippen molar-refractivity contribution in [1.82, 2.24) is 19.5 Å². The minimum Gasteiger partial charge on any atom is -0.494 e. The number of ether oxygens (including phenoxy) is 1. The van der Waals surface area contributed by atoms with Crippen LogP contribution in [0.2, 0.25) is 0 Å². The molecule has 0 bridgehead atoms. The van der Waals surface area contributed by atoms with Crippen LogP contribution in [0.5, 0.6) is 5.75 Å². The number of carbonyl (C=O) groups is 1. The third-order valence-corrected chi connectivity index (χ3v) is 4.37. The molecule has 30 heavy (non-hydrogen) atoms. The number of aliphatic hydroxyl groups excluding tert-OH is 1. The first-order valence-electron chi connectivity index (χ1n) is 9.53. The molecular formula is C21H23N5O4. The van der Waals surface area contributed by atoms with E-state index in [2.05, 4.69) is 20.3 Å². The highest BCUT2D eigenvalue weighted by molar-refractivity contribution is 5.90. The first-order valence-corrected chi connectivity index (χ1v) is 9.53. The zero-order chi connectivity index (χ0) is 21.5. The summed E-state index contributed by atoms with van der Waals surface area (Å²) in [7, 11) is 0. The molecule has 3 rings (SSSR count). The summed E-state index contributed by atoms with van der Waals surface area (Å²) >= 11 is 0. The van der Waals surface area contributed by atoms with Crippen molar-refractivity contribution in [3.05, 3.63) is 64.5 Å². The summed E-state index contributed by atoms with van der Waals surface area (Å²) in [6.07, 6.45) is 4.63. The summed E-state index contributed by atoms with van der Waals surface area (Å²) in [6.45, 7) is 3.68. The first-order chi connectivity index (χ1) is 14.5. The van der Waals surface area contributed by atoms with Crippen LogP contribution in [-0.2, 0) is 17.8 Å². The van der Waals surface area contributed by atoms with Gasteiger partial charge in [0.25, 0.3) is 5.56 Å². The van der Waals surface area contributed by atoms with Crippen molar-refractivity contribution in [2.24, 2.45) is 0 Å². The fourth-order valence-electron chi connectivity index (χ4n) is 3.00. The van der Waals surface area contributed by atoms with Crippen molar-refractivity contribution in [3.8, 4) is 17.3 Å². The average molecular weight is 409 g/mol. The lowest BCUT2D eigenvalue weighted by atomic mass is 10.1. The van der Waals surface area contributed by atoms with E-state index in [4.69, 9.17) is 4.74 Å². The summed E-state index contributed by atoms with van der Waals surface area (Å²) in [6, 6.07) is 6.95. The lowest BCUT2D eigenvalue weighted by Crippen LogP contribution is -2.33. The molecule has 0 unspecified atom stereocenters. The largest absolute Gasteiger partial charge is 0.494 e. The Bertz CT molecular complexity index is 1070. The number of nitrogens with one attached hydrogen (secondary N) is 1. The highest BCUT2D eigenvalue weighted by Gasteiger charge is 2.18. The molecule has 156 valence electrons. The van der Waals surface area contributed by atoms with E-state index >= 15 is 0 Å². The predicted octanol–water partition coefficient (Wildman–Crippen LogP) is 1.58. The molecule has 0 atom stereocenters. The smallest absolute Gasteiger partial charge is 0.257 e. The monoisotopic (exact) mass is 409 g/mol. The summed E-state index contributed by atoms with van der Waals surface area (Å²) in [5.74, 6) is 0.550. The normalized spacial score (nSPS) is 10.6. The number of aromatic nitrogens is 4. The maximum absolute atomic E-state index is 13.0. The van der Waals surface area contributed by atoms with Gasteiger partial charge in [-0.25, -0.2) is 9.97 Å². The number of benzene rings is 1. The van der Waals surface area contributed by atoms with Crippen molar-refractivity contribution in [2.75, 3.05) is 18.5 Å². The van der Waals surface area contributed by atoms with E-state index in [1.54, 1.807) is 31.2 Å². The molecule has 9 nitrogen and oxygen atoms in total. The number of carbonyl (C=O) groups excluding carboxylic acids is 1. The summed E-state index contributed by atoms with van der Waals surface area (Å²) in [5.41, 5.74) is 1.41. The van der Waals surface area contributed by atoms with Crippen molar-refractivity contribution in [1.29, 1.82) is 0 Å². The molecule has 0 aliphatic rings. The summed E-state index contributed by atoms with van der Waals surface area (Å²) < 4.78 is 6.65. The van der Waals surface area contributed by atoms with Gasteiger partial charge in [-0.15, -0.1) is 0 Å². The van der Waals surface area contributed by atoms with Crippen molar-refractivity contribution in [3.63, 3.8) is 0 Å². The number of amides is 1. The van der Waals surface area contributed by atoms with Crippen molar-refractivity contribution in [2.45, 2.75) is 26.8 Å². The molecule has 2 aromatic heterocycles. The van der Waals surface area contributed by atoms with Crippen LogP contribution in [0.4, 0.5) is 5.69 Å². The Morgan fingerprint density at radius 1 is 1.23 bits per heavy atom. The molecule has 1 amide bonds. The van der Waals surface area contributed by atoms with Gasteiger partial charge in [-0.3, -0.25) is 19.1 Å². The third kappa shape index (κ3) is 4.87. The SMILES string of the molecule is CCOc1ccc(NC(=O)Cn2c(-c3cnccn3)nc(C)c(CCO)c2=O)cc1. The number of rotatable bonds is 8. The Hall–Kier alpha value is -3.59. The predicted molar refractivity (Wildman–Crippen MR) is 111 cm³/mol.